The van der Waals surface area contributed by atoms with E-state index < -0.39 is 6.61 Å². The van der Waals surface area contributed by atoms with E-state index in [1.165, 1.54) is 24.3 Å². The molecule has 0 aliphatic carbocycles. The van der Waals surface area contributed by atoms with Crippen molar-refractivity contribution in [3.63, 3.8) is 0 Å². The molecule has 0 saturated carbocycles. The summed E-state index contributed by atoms with van der Waals surface area (Å²) in [5.41, 5.74) is 3.44. The zero-order valence-corrected chi connectivity index (χ0v) is 16.3. The molecule has 3 rings (SSSR count). The summed E-state index contributed by atoms with van der Waals surface area (Å²) in [5, 5.41) is 7.36. The summed E-state index contributed by atoms with van der Waals surface area (Å²) in [7, 11) is 1.61. The molecule has 152 valence electrons. The molecule has 1 aromatic heterocycles. The summed E-state index contributed by atoms with van der Waals surface area (Å²) in [4.78, 5) is 12.5. The molecular weight excluding hydrogens is 380 g/mol. The lowest BCUT2D eigenvalue weighted by atomic mass is 10.2. The molecule has 0 aliphatic rings. The minimum atomic E-state index is -2.91. The SMILES string of the molecule is COc1cccc(Cn2nc(C)c(NC(=O)c3ccc(OC(F)F)cc3)c2C)c1. The second-order valence-electron chi connectivity index (χ2n) is 6.41. The molecule has 0 atom stereocenters. The number of methoxy groups -OCH3 is 1. The maximum Gasteiger partial charge on any atom is 0.387 e. The first-order valence-electron chi connectivity index (χ1n) is 8.90. The Labute approximate surface area is 167 Å². The number of halogens is 2. The summed E-state index contributed by atoms with van der Waals surface area (Å²) < 4.78 is 35.8. The highest BCUT2D eigenvalue weighted by Crippen LogP contribution is 2.23. The number of carbonyl (C=O) groups excluding carboxylic acids is 1. The zero-order valence-electron chi connectivity index (χ0n) is 16.3. The average Bonchev–Trinajstić information content (AvgIpc) is 2.95. The van der Waals surface area contributed by atoms with Gasteiger partial charge in [0, 0.05) is 5.56 Å². The first kappa shape index (κ1) is 20.3. The summed E-state index contributed by atoms with van der Waals surface area (Å²) in [6.45, 7) is 1.30. The summed E-state index contributed by atoms with van der Waals surface area (Å²) >= 11 is 0. The molecule has 2 aromatic carbocycles. The number of benzene rings is 2. The van der Waals surface area contributed by atoms with Crippen molar-refractivity contribution in [2.75, 3.05) is 12.4 Å². The van der Waals surface area contributed by atoms with Crippen LogP contribution < -0.4 is 14.8 Å². The first-order chi connectivity index (χ1) is 13.9. The zero-order chi connectivity index (χ0) is 21.0. The minimum absolute atomic E-state index is 0.00461. The van der Waals surface area contributed by atoms with Gasteiger partial charge in [0.2, 0.25) is 0 Å². The Hall–Kier alpha value is -3.42. The molecule has 0 saturated heterocycles. The van der Waals surface area contributed by atoms with Crippen molar-refractivity contribution in [2.24, 2.45) is 0 Å². The highest BCUT2D eigenvalue weighted by Gasteiger charge is 2.16. The second-order valence-corrected chi connectivity index (χ2v) is 6.41. The largest absolute Gasteiger partial charge is 0.497 e. The van der Waals surface area contributed by atoms with E-state index in [4.69, 9.17) is 4.74 Å². The van der Waals surface area contributed by atoms with E-state index in [2.05, 4.69) is 15.2 Å². The van der Waals surface area contributed by atoms with E-state index in [9.17, 15) is 13.6 Å². The molecule has 0 spiro atoms. The van der Waals surface area contributed by atoms with Crippen molar-refractivity contribution in [1.82, 2.24) is 9.78 Å². The molecule has 1 N–H and O–H groups in total. The fourth-order valence-electron chi connectivity index (χ4n) is 2.95. The Balaban J connectivity index is 1.75. The molecule has 8 heteroatoms. The Morgan fingerprint density at radius 3 is 2.52 bits per heavy atom. The first-order valence-corrected chi connectivity index (χ1v) is 8.90. The van der Waals surface area contributed by atoms with Gasteiger partial charge in [-0.1, -0.05) is 12.1 Å². The number of amides is 1. The van der Waals surface area contributed by atoms with Gasteiger partial charge < -0.3 is 14.8 Å². The van der Waals surface area contributed by atoms with E-state index in [-0.39, 0.29) is 11.7 Å². The van der Waals surface area contributed by atoms with Gasteiger partial charge in [-0.2, -0.15) is 13.9 Å². The van der Waals surface area contributed by atoms with E-state index in [1.807, 2.05) is 38.1 Å². The molecule has 1 amide bonds. The number of hydrogen-bond acceptors (Lipinski definition) is 4. The van der Waals surface area contributed by atoms with Crippen molar-refractivity contribution >= 4 is 11.6 Å². The van der Waals surface area contributed by atoms with Crippen LogP contribution in [0.25, 0.3) is 0 Å². The number of carbonyl (C=O) groups is 1. The maximum absolute atomic E-state index is 12.5. The summed E-state index contributed by atoms with van der Waals surface area (Å²) in [6, 6.07) is 13.2. The second kappa shape index (κ2) is 8.72. The Bertz CT molecular complexity index is 1000. The van der Waals surface area contributed by atoms with Crippen LogP contribution in [0.4, 0.5) is 14.5 Å². The lowest BCUT2D eigenvalue weighted by Gasteiger charge is -2.09. The molecule has 0 radical (unpaired) electrons. The molecule has 0 bridgehead atoms. The van der Waals surface area contributed by atoms with Crippen molar-refractivity contribution < 1.29 is 23.0 Å². The van der Waals surface area contributed by atoms with Gasteiger partial charge in [-0.15, -0.1) is 0 Å². The van der Waals surface area contributed by atoms with Crippen LogP contribution in [-0.2, 0) is 6.54 Å². The lowest BCUT2D eigenvalue weighted by molar-refractivity contribution is -0.0498. The number of anilines is 1. The molecule has 0 aliphatic heterocycles. The fourth-order valence-corrected chi connectivity index (χ4v) is 2.95. The van der Waals surface area contributed by atoms with Crippen molar-refractivity contribution in [3.05, 3.63) is 71.0 Å². The van der Waals surface area contributed by atoms with Gasteiger partial charge in [0.15, 0.2) is 0 Å². The number of aromatic nitrogens is 2. The molecular formula is C21H21F2N3O3. The number of ether oxygens (including phenoxy) is 2. The van der Waals surface area contributed by atoms with Crippen molar-refractivity contribution in [2.45, 2.75) is 27.0 Å². The minimum Gasteiger partial charge on any atom is -0.497 e. The van der Waals surface area contributed by atoms with Gasteiger partial charge >= 0.3 is 6.61 Å². The van der Waals surface area contributed by atoms with Crippen LogP contribution in [0.1, 0.15) is 27.3 Å². The number of aryl methyl sites for hydroxylation is 1. The van der Waals surface area contributed by atoms with Crippen molar-refractivity contribution in [3.8, 4) is 11.5 Å². The van der Waals surface area contributed by atoms with Gasteiger partial charge in [0.1, 0.15) is 11.5 Å². The quantitative estimate of drug-likeness (QED) is 0.637. The molecule has 0 unspecified atom stereocenters. The van der Waals surface area contributed by atoms with Gasteiger partial charge in [0.25, 0.3) is 5.91 Å². The van der Waals surface area contributed by atoms with E-state index in [0.717, 1.165) is 17.0 Å². The molecule has 0 fully saturated rings. The Kier molecular flexibility index (Phi) is 6.11. The van der Waals surface area contributed by atoms with E-state index >= 15 is 0 Å². The number of nitrogens with zero attached hydrogens (tertiary/aromatic N) is 2. The summed E-state index contributed by atoms with van der Waals surface area (Å²) in [6.07, 6.45) is 0. The van der Waals surface area contributed by atoms with Crippen LogP contribution in [0.2, 0.25) is 0 Å². The number of alkyl halides is 2. The monoisotopic (exact) mass is 401 g/mol. The smallest absolute Gasteiger partial charge is 0.387 e. The molecule has 29 heavy (non-hydrogen) atoms. The molecule has 3 aromatic rings. The van der Waals surface area contributed by atoms with Crippen LogP contribution in [0.15, 0.2) is 48.5 Å². The highest BCUT2D eigenvalue weighted by molar-refractivity contribution is 6.04. The third-order valence-electron chi connectivity index (χ3n) is 4.43. The van der Waals surface area contributed by atoms with Crippen LogP contribution in [0.5, 0.6) is 11.5 Å². The topological polar surface area (TPSA) is 65.4 Å². The maximum atomic E-state index is 12.5. The van der Waals surface area contributed by atoms with Gasteiger partial charge in [-0.25, -0.2) is 0 Å². The van der Waals surface area contributed by atoms with Crippen molar-refractivity contribution in [1.29, 1.82) is 0 Å². The Morgan fingerprint density at radius 2 is 1.86 bits per heavy atom. The van der Waals surface area contributed by atoms with Gasteiger partial charge in [0.05, 0.1) is 30.7 Å². The number of rotatable bonds is 7. The number of nitrogens with one attached hydrogen (secondary N) is 1. The normalized spacial score (nSPS) is 10.8. The molecule has 6 nitrogen and oxygen atoms in total. The lowest BCUT2D eigenvalue weighted by Crippen LogP contribution is -2.13. The van der Waals surface area contributed by atoms with Crippen LogP contribution in [0, 0.1) is 13.8 Å². The highest BCUT2D eigenvalue weighted by atomic mass is 19.3. The van der Waals surface area contributed by atoms with Gasteiger partial charge in [-0.3, -0.25) is 9.48 Å². The molecule has 1 heterocycles. The third kappa shape index (κ3) is 4.90. The predicted molar refractivity (Wildman–Crippen MR) is 105 cm³/mol. The van der Waals surface area contributed by atoms with E-state index in [0.29, 0.717) is 23.5 Å². The number of hydrogen-bond donors (Lipinski definition) is 1. The van der Waals surface area contributed by atoms with Crippen LogP contribution in [-0.4, -0.2) is 29.4 Å². The van der Waals surface area contributed by atoms with Gasteiger partial charge in [-0.05, 0) is 55.8 Å². The Morgan fingerprint density at radius 1 is 1.14 bits per heavy atom. The van der Waals surface area contributed by atoms with Crippen LogP contribution in [0.3, 0.4) is 0 Å². The third-order valence-corrected chi connectivity index (χ3v) is 4.43. The fraction of sp³-hybridized carbons (Fsp3) is 0.238. The predicted octanol–water partition coefficient (Wildman–Crippen LogP) is 4.41. The van der Waals surface area contributed by atoms with Crippen LogP contribution >= 0.6 is 0 Å². The summed E-state index contributed by atoms with van der Waals surface area (Å²) in [5.74, 6) is 0.396. The average molecular weight is 401 g/mol. The standard InChI is InChI=1S/C21H21F2N3O3/c1-13-19(24-20(27)16-7-9-17(10-8-16)29-21(22)23)14(2)26(25-13)12-15-5-4-6-18(11-15)28-3/h4-11,21H,12H2,1-3H3,(H,24,27). The van der Waals surface area contributed by atoms with E-state index in [1.54, 1.807) is 11.8 Å².